The lowest BCUT2D eigenvalue weighted by atomic mass is 9.91. The molecule has 144 valence electrons. The summed E-state index contributed by atoms with van der Waals surface area (Å²) in [6.07, 6.45) is 1.73. The second-order valence-corrected chi connectivity index (χ2v) is 9.99. The van der Waals surface area contributed by atoms with Gasteiger partial charge in [0.15, 0.2) is 0 Å². The van der Waals surface area contributed by atoms with Gasteiger partial charge >= 0.3 is 12.0 Å². The Morgan fingerprint density at radius 2 is 1.76 bits per heavy atom. The third-order valence-corrected chi connectivity index (χ3v) is 7.31. The maximum Gasteiger partial charge on any atom is 0.317 e. The SMILES string of the molecule is CC1CC(C(=O)O)CN(C(=O)NC2CCN(S(=O)(=O)C(C)C)CC2)C1. The molecule has 25 heavy (non-hydrogen) atoms. The summed E-state index contributed by atoms with van der Waals surface area (Å²) in [7, 11) is -3.25. The summed E-state index contributed by atoms with van der Waals surface area (Å²) in [4.78, 5) is 25.3. The summed E-state index contributed by atoms with van der Waals surface area (Å²) in [5.74, 6) is -1.23. The highest BCUT2D eigenvalue weighted by Gasteiger charge is 2.34. The number of likely N-dealkylation sites (tertiary alicyclic amines) is 1. The second kappa shape index (κ2) is 7.90. The number of hydrogen-bond acceptors (Lipinski definition) is 4. The average Bonchev–Trinajstić information content (AvgIpc) is 2.54. The Hall–Kier alpha value is -1.35. The molecule has 0 bridgehead atoms. The molecule has 0 aromatic rings. The van der Waals surface area contributed by atoms with Gasteiger partial charge in [-0.15, -0.1) is 0 Å². The molecule has 0 radical (unpaired) electrons. The van der Waals surface area contributed by atoms with Gasteiger partial charge in [0, 0.05) is 32.2 Å². The van der Waals surface area contributed by atoms with Crippen molar-refractivity contribution in [3.63, 3.8) is 0 Å². The van der Waals surface area contributed by atoms with Crippen molar-refractivity contribution in [2.24, 2.45) is 11.8 Å². The zero-order chi connectivity index (χ0) is 18.8. The fourth-order valence-corrected chi connectivity index (χ4v) is 4.83. The van der Waals surface area contributed by atoms with Crippen molar-refractivity contribution < 1.29 is 23.1 Å². The molecule has 0 saturated carbocycles. The van der Waals surface area contributed by atoms with Crippen molar-refractivity contribution in [2.45, 2.75) is 51.3 Å². The first-order chi connectivity index (χ1) is 11.6. The van der Waals surface area contributed by atoms with Crippen LogP contribution < -0.4 is 5.32 Å². The van der Waals surface area contributed by atoms with Crippen molar-refractivity contribution >= 4 is 22.0 Å². The summed E-state index contributed by atoms with van der Waals surface area (Å²) >= 11 is 0. The highest BCUT2D eigenvalue weighted by molar-refractivity contribution is 7.89. The zero-order valence-electron chi connectivity index (χ0n) is 15.1. The van der Waals surface area contributed by atoms with Crippen LogP contribution >= 0.6 is 0 Å². The monoisotopic (exact) mass is 375 g/mol. The van der Waals surface area contributed by atoms with E-state index in [0.717, 1.165) is 0 Å². The number of carbonyl (C=O) groups is 2. The van der Waals surface area contributed by atoms with Gasteiger partial charge in [0.1, 0.15) is 0 Å². The molecule has 9 heteroatoms. The summed E-state index contributed by atoms with van der Waals surface area (Å²) < 4.78 is 25.8. The van der Waals surface area contributed by atoms with Gasteiger partial charge in [0.25, 0.3) is 0 Å². The molecule has 2 aliphatic rings. The van der Waals surface area contributed by atoms with Crippen LogP contribution in [0.1, 0.15) is 40.0 Å². The van der Waals surface area contributed by atoms with E-state index >= 15 is 0 Å². The van der Waals surface area contributed by atoms with Gasteiger partial charge in [-0.25, -0.2) is 17.5 Å². The second-order valence-electron chi connectivity index (χ2n) is 7.50. The highest BCUT2D eigenvalue weighted by atomic mass is 32.2. The summed E-state index contributed by atoms with van der Waals surface area (Å²) in [6.45, 7) is 6.87. The van der Waals surface area contributed by atoms with Crippen molar-refractivity contribution in [3.05, 3.63) is 0 Å². The largest absolute Gasteiger partial charge is 0.481 e. The van der Waals surface area contributed by atoms with Gasteiger partial charge in [-0.3, -0.25) is 4.79 Å². The number of nitrogens with one attached hydrogen (secondary N) is 1. The molecule has 0 aromatic heterocycles. The Morgan fingerprint density at radius 1 is 1.16 bits per heavy atom. The predicted molar refractivity (Wildman–Crippen MR) is 93.7 cm³/mol. The van der Waals surface area contributed by atoms with Crippen molar-refractivity contribution in [3.8, 4) is 0 Å². The topological polar surface area (TPSA) is 107 Å². The summed E-state index contributed by atoms with van der Waals surface area (Å²) in [5, 5.41) is 11.7. The van der Waals surface area contributed by atoms with Crippen LogP contribution in [0.3, 0.4) is 0 Å². The lowest BCUT2D eigenvalue weighted by Gasteiger charge is -2.37. The van der Waals surface area contributed by atoms with Crippen molar-refractivity contribution in [1.29, 1.82) is 0 Å². The van der Waals surface area contributed by atoms with E-state index < -0.39 is 27.2 Å². The summed E-state index contributed by atoms with van der Waals surface area (Å²) in [5.41, 5.74) is 0. The van der Waals surface area contributed by atoms with Gasteiger partial charge in [-0.1, -0.05) is 6.92 Å². The Bertz CT molecular complexity index is 599. The first-order valence-electron chi connectivity index (χ1n) is 8.88. The lowest BCUT2D eigenvalue weighted by Crippen LogP contribution is -2.54. The number of carbonyl (C=O) groups excluding carboxylic acids is 1. The fourth-order valence-electron chi connectivity index (χ4n) is 3.51. The number of nitrogens with zero attached hydrogens (tertiary/aromatic N) is 2. The van der Waals surface area contributed by atoms with Crippen LogP contribution in [0, 0.1) is 11.8 Å². The summed E-state index contributed by atoms with van der Waals surface area (Å²) in [6, 6.07) is -0.324. The fraction of sp³-hybridized carbons (Fsp3) is 0.875. The predicted octanol–water partition coefficient (Wildman–Crippen LogP) is 0.941. The first-order valence-corrected chi connectivity index (χ1v) is 10.4. The number of aliphatic carboxylic acids is 1. The molecule has 2 heterocycles. The molecule has 2 fully saturated rings. The van der Waals surface area contributed by atoms with E-state index in [1.807, 2.05) is 6.92 Å². The molecular weight excluding hydrogens is 346 g/mol. The van der Waals surface area contributed by atoms with Crippen LogP contribution in [0.4, 0.5) is 4.79 Å². The third-order valence-electron chi connectivity index (χ3n) is 5.03. The lowest BCUT2D eigenvalue weighted by molar-refractivity contribution is -0.143. The maximum absolute atomic E-state index is 12.5. The number of amides is 2. The molecule has 2 unspecified atom stereocenters. The highest BCUT2D eigenvalue weighted by Crippen LogP contribution is 2.22. The smallest absolute Gasteiger partial charge is 0.317 e. The molecule has 2 aliphatic heterocycles. The first kappa shape index (κ1) is 20.0. The number of urea groups is 1. The van der Waals surface area contributed by atoms with Crippen molar-refractivity contribution in [1.82, 2.24) is 14.5 Å². The Kier molecular flexibility index (Phi) is 6.31. The van der Waals surface area contributed by atoms with Crippen LogP contribution in [0.5, 0.6) is 0 Å². The van der Waals surface area contributed by atoms with Gasteiger partial charge in [0.05, 0.1) is 11.2 Å². The van der Waals surface area contributed by atoms with E-state index in [-0.39, 0.29) is 24.5 Å². The molecule has 8 nitrogen and oxygen atoms in total. The van der Waals surface area contributed by atoms with Crippen molar-refractivity contribution in [2.75, 3.05) is 26.2 Å². The van der Waals surface area contributed by atoms with Crippen LogP contribution in [0.2, 0.25) is 0 Å². The van der Waals surface area contributed by atoms with Gasteiger partial charge in [0.2, 0.25) is 10.0 Å². The normalized spacial score (nSPS) is 26.6. The minimum absolute atomic E-state index is 0.0772. The quantitative estimate of drug-likeness (QED) is 0.760. The number of carboxylic acids is 1. The Balaban J connectivity index is 1.87. The van der Waals surface area contributed by atoms with Crippen LogP contribution in [0.15, 0.2) is 0 Å². The van der Waals surface area contributed by atoms with E-state index in [1.54, 1.807) is 18.7 Å². The number of rotatable bonds is 4. The number of sulfonamides is 1. The molecule has 2 N–H and O–H groups in total. The van der Waals surface area contributed by atoms with Gasteiger partial charge in [-0.2, -0.15) is 0 Å². The van der Waals surface area contributed by atoms with E-state index in [2.05, 4.69) is 5.32 Å². The Morgan fingerprint density at radius 3 is 2.28 bits per heavy atom. The van der Waals surface area contributed by atoms with E-state index in [1.165, 1.54) is 4.31 Å². The molecule has 0 aromatic carbocycles. The third kappa shape index (κ3) is 4.84. The van der Waals surface area contributed by atoms with Gasteiger partial charge in [-0.05, 0) is 39.0 Å². The van der Waals surface area contributed by atoms with E-state index in [0.29, 0.717) is 38.9 Å². The van der Waals surface area contributed by atoms with Crippen LogP contribution in [-0.2, 0) is 14.8 Å². The number of hydrogen-bond donors (Lipinski definition) is 2. The molecule has 2 amide bonds. The van der Waals surface area contributed by atoms with Crippen LogP contribution in [0.25, 0.3) is 0 Å². The zero-order valence-corrected chi connectivity index (χ0v) is 16.0. The van der Waals surface area contributed by atoms with E-state index in [4.69, 9.17) is 0 Å². The number of carboxylic acid groups (broad SMARTS) is 1. The molecular formula is C16H29N3O5S. The average molecular weight is 375 g/mol. The minimum atomic E-state index is -3.25. The molecule has 2 rings (SSSR count). The minimum Gasteiger partial charge on any atom is -0.481 e. The maximum atomic E-state index is 12.5. The molecule has 0 aliphatic carbocycles. The van der Waals surface area contributed by atoms with Gasteiger partial charge < -0.3 is 15.3 Å². The molecule has 2 atom stereocenters. The Labute approximate surface area is 149 Å². The van der Waals surface area contributed by atoms with E-state index in [9.17, 15) is 23.1 Å². The van der Waals surface area contributed by atoms with Crippen LogP contribution in [-0.4, -0.2) is 72.2 Å². The standard InChI is InChI=1S/C16H29N3O5S/c1-11(2)25(23,24)19-6-4-14(5-7-19)17-16(22)18-9-12(3)8-13(10-18)15(20)21/h11-14H,4-10H2,1-3H3,(H,17,22)(H,20,21). The molecule has 0 spiro atoms. The molecule has 2 saturated heterocycles. The number of piperidine rings is 2.